The van der Waals surface area contributed by atoms with Gasteiger partial charge in [-0.25, -0.2) is 0 Å². The number of methoxy groups -OCH3 is 2. The van der Waals surface area contributed by atoms with Crippen LogP contribution in [0, 0.1) is 6.92 Å². The number of benzene rings is 2. The van der Waals surface area contributed by atoms with E-state index in [4.69, 9.17) is 28.4 Å². The minimum atomic E-state index is 0.184. The van der Waals surface area contributed by atoms with Crippen LogP contribution >= 0.6 is 0 Å². The fourth-order valence-corrected chi connectivity index (χ4v) is 3.97. The van der Waals surface area contributed by atoms with Gasteiger partial charge < -0.3 is 28.4 Å². The van der Waals surface area contributed by atoms with Gasteiger partial charge in [0.05, 0.1) is 33.2 Å². The van der Waals surface area contributed by atoms with Gasteiger partial charge >= 0.3 is 0 Å². The highest BCUT2D eigenvalue weighted by Crippen LogP contribution is 2.47. The summed E-state index contributed by atoms with van der Waals surface area (Å²) < 4.78 is 34.5. The predicted molar refractivity (Wildman–Crippen MR) is 108 cm³/mol. The molecule has 1 aliphatic carbocycles. The van der Waals surface area contributed by atoms with Crippen molar-refractivity contribution in [3.63, 3.8) is 0 Å². The van der Waals surface area contributed by atoms with E-state index in [0.717, 1.165) is 70.1 Å². The number of rotatable bonds is 8. The third kappa shape index (κ3) is 3.63. The number of epoxide rings is 2. The first-order valence-corrected chi connectivity index (χ1v) is 10.1. The van der Waals surface area contributed by atoms with Crippen molar-refractivity contribution < 1.29 is 28.4 Å². The van der Waals surface area contributed by atoms with Crippen molar-refractivity contribution >= 4 is 10.8 Å². The topological polar surface area (TPSA) is 62.0 Å². The van der Waals surface area contributed by atoms with Crippen LogP contribution in [-0.2, 0) is 27.1 Å². The van der Waals surface area contributed by atoms with Crippen molar-refractivity contribution in [1.29, 1.82) is 0 Å². The monoisotopic (exact) mass is 398 g/mol. The van der Waals surface area contributed by atoms with Crippen LogP contribution in [0.4, 0.5) is 0 Å². The molecule has 0 spiro atoms. The molecular formula is C23H26O6. The minimum Gasteiger partial charge on any atom is -0.501 e. The van der Waals surface area contributed by atoms with Crippen molar-refractivity contribution in [2.45, 2.75) is 32.0 Å². The van der Waals surface area contributed by atoms with Crippen LogP contribution < -0.4 is 14.2 Å². The zero-order chi connectivity index (χ0) is 20.0. The number of ether oxygens (including phenoxy) is 6. The second-order valence-corrected chi connectivity index (χ2v) is 7.77. The Morgan fingerprint density at radius 2 is 1.62 bits per heavy atom. The summed E-state index contributed by atoms with van der Waals surface area (Å²) in [4.78, 5) is 0. The molecule has 2 saturated heterocycles. The lowest BCUT2D eigenvalue weighted by molar-refractivity contribution is 0.252. The van der Waals surface area contributed by atoms with Crippen molar-refractivity contribution in [3.8, 4) is 17.2 Å². The average molecular weight is 398 g/mol. The first-order chi connectivity index (χ1) is 14.2. The fraction of sp³-hybridized carbons (Fsp3) is 0.478. The lowest BCUT2D eigenvalue weighted by Gasteiger charge is -2.26. The van der Waals surface area contributed by atoms with Crippen LogP contribution in [0.3, 0.4) is 0 Å². The van der Waals surface area contributed by atoms with Crippen LogP contribution in [0.2, 0.25) is 0 Å². The molecule has 6 heteroatoms. The zero-order valence-corrected chi connectivity index (χ0v) is 17.1. The van der Waals surface area contributed by atoms with Gasteiger partial charge in [-0.3, -0.25) is 0 Å². The van der Waals surface area contributed by atoms with Gasteiger partial charge in [-0.1, -0.05) is 0 Å². The normalized spacial score (nSPS) is 22.0. The van der Waals surface area contributed by atoms with E-state index in [9.17, 15) is 0 Å². The molecule has 0 aromatic heterocycles. The highest BCUT2D eigenvalue weighted by atomic mass is 16.6. The molecule has 2 heterocycles. The molecule has 2 aromatic rings. The molecule has 6 nitrogen and oxygen atoms in total. The summed E-state index contributed by atoms with van der Waals surface area (Å²) in [6.45, 7) is 4.71. The lowest BCUT2D eigenvalue weighted by atomic mass is 9.88. The summed E-state index contributed by atoms with van der Waals surface area (Å²) in [5.74, 6) is 3.56. The van der Waals surface area contributed by atoms with Crippen LogP contribution in [0.15, 0.2) is 24.0 Å². The van der Waals surface area contributed by atoms with Crippen LogP contribution in [0.25, 0.3) is 10.8 Å². The molecule has 0 radical (unpaired) electrons. The first-order valence-electron chi connectivity index (χ1n) is 10.1. The van der Waals surface area contributed by atoms with E-state index in [-0.39, 0.29) is 12.2 Å². The van der Waals surface area contributed by atoms with E-state index < -0.39 is 0 Å². The van der Waals surface area contributed by atoms with Crippen molar-refractivity contribution in [3.05, 3.63) is 40.7 Å². The zero-order valence-electron chi connectivity index (χ0n) is 17.1. The number of fused-ring (bicyclic) bond motifs is 2. The molecule has 2 atom stereocenters. The quantitative estimate of drug-likeness (QED) is 0.636. The van der Waals surface area contributed by atoms with Crippen molar-refractivity contribution in [2.24, 2.45) is 0 Å². The molecule has 2 fully saturated rings. The Hall–Kier alpha value is -2.44. The van der Waals surface area contributed by atoms with Gasteiger partial charge in [-0.15, -0.1) is 0 Å². The molecule has 154 valence electrons. The number of hydrogen-bond donors (Lipinski definition) is 0. The third-order valence-electron chi connectivity index (χ3n) is 5.71. The minimum absolute atomic E-state index is 0.184. The summed E-state index contributed by atoms with van der Waals surface area (Å²) >= 11 is 0. The Bertz CT molecular complexity index is 971. The van der Waals surface area contributed by atoms with E-state index in [1.165, 1.54) is 0 Å². The van der Waals surface area contributed by atoms with Gasteiger partial charge in [0.2, 0.25) is 0 Å². The summed E-state index contributed by atoms with van der Waals surface area (Å²) in [5, 5.41) is 2.08. The van der Waals surface area contributed by atoms with Gasteiger partial charge in [0.15, 0.2) is 0 Å². The Balaban J connectivity index is 1.70. The highest BCUT2D eigenvalue weighted by molar-refractivity contribution is 5.99. The van der Waals surface area contributed by atoms with E-state index >= 15 is 0 Å². The molecule has 0 bridgehead atoms. The molecular weight excluding hydrogens is 372 g/mol. The largest absolute Gasteiger partial charge is 0.501 e. The highest BCUT2D eigenvalue weighted by Gasteiger charge is 2.30. The van der Waals surface area contributed by atoms with E-state index in [2.05, 4.69) is 13.0 Å². The standard InChI is InChI=1S/C23H26O6/c1-13-6-15(25-3)8-20-21(13)23(29-12-17-10-27-17)19-7-14(24-2)4-5-18(19)22(20)28-11-16-9-26-16/h4,6,8,16-17H,5,7,9-12H2,1-3H3. The van der Waals surface area contributed by atoms with E-state index in [1.54, 1.807) is 14.2 Å². The van der Waals surface area contributed by atoms with Crippen LogP contribution in [0.5, 0.6) is 17.2 Å². The Morgan fingerprint density at radius 1 is 0.931 bits per heavy atom. The molecule has 2 aromatic carbocycles. The summed E-state index contributed by atoms with van der Waals surface area (Å²) in [5.41, 5.74) is 3.38. The molecule has 5 rings (SSSR count). The predicted octanol–water partition coefficient (Wildman–Crippen LogP) is 3.34. The van der Waals surface area contributed by atoms with Gasteiger partial charge in [-0.2, -0.15) is 0 Å². The summed E-state index contributed by atoms with van der Waals surface area (Å²) in [6.07, 6.45) is 3.91. The van der Waals surface area contributed by atoms with Gasteiger partial charge in [0.25, 0.3) is 0 Å². The Kier molecular flexibility index (Phi) is 4.76. The number of aryl methyl sites for hydroxylation is 1. The molecule has 2 unspecified atom stereocenters. The SMILES string of the molecule is COC1=CCc2c(c(OCC3CO3)c3c(C)cc(OC)cc3c2OCC2CO2)C1. The Labute approximate surface area is 170 Å². The first kappa shape index (κ1) is 18.6. The van der Waals surface area contributed by atoms with Crippen molar-refractivity contribution in [2.75, 3.05) is 40.6 Å². The molecule has 0 N–H and O–H groups in total. The summed E-state index contributed by atoms with van der Waals surface area (Å²) in [7, 11) is 3.40. The van der Waals surface area contributed by atoms with Gasteiger partial charge in [0, 0.05) is 28.3 Å². The molecule has 2 aliphatic heterocycles. The maximum absolute atomic E-state index is 6.35. The number of allylic oxidation sites excluding steroid dienone is 2. The lowest BCUT2D eigenvalue weighted by Crippen LogP contribution is -2.15. The van der Waals surface area contributed by atoms with Crippen LogP contribution in [-0.4, -0.2) is 52.9 Å². The van der Waals surface area contributed by atoms with Gasteiger partial charge in [-0.05, 0) is 37.1 Å². The molecule has 3 aliphatic rings. The second kappa shape index (κ2) is 7.43. The number of hydrogen-bond acceptors (Lipinski definition) is 6. The second-order valence-electron chi connectivity index (χ2n) is 7.77. The molecule has 29 heavy (non-hydrogen) atoms. The van der Waals surface area contributed by atoms with E-state index in [0.29, 0.717) is 19.6 Å². The fourth-order valence-electron chi connectivity index (χ4n) is 3.97. The average Bonchev–Trinajstić information content (AvgIpc) is 3.65. The maximum atomic E-state index is 6.35. The smallest absolute Gasteiger partial charge is 0.131 e. The molecule has 0 saturated carbocycles. The molecule has 0 amide bonds. The maximum Gasteiger partial charge on any atom is 0.131 e. The Morgan fingerprint density at radius 3 is 2.24 bits per heavy atom. The van der Waals surface area contributed by atoms with Crippen molar-refractivity contribution in [1.82, 2.24) is 0 Å². The van der Waals surface area contributed by atoms with E-state index in [1.807, 2.05) is 12.1 Å². The third-order valence-corrected chi connectivity index (χ3v) is 5.71. The van der Waals surface area contributed by atoms with Crippen LogP contribution in [0.1, 0.15) is 16.7 Å². The van der Waals surface area contributed by atoms with Gasteiger partial charge in [0.1, 0.15) is 42.7 Å². The summed E-state index contributed by atoms with van der Waals surface area (Å²) in [6, 6.07) is 4.08.